The molecule has 0 aromatic carbocycles. The Bertz CT molecular complexity index is 414. The summed E-state index contributed by atoms with van der Waals surface area (Å²) >= 11 is 1.57. The number of aromatic nitrogens is 1. The highest BCUT2D eigenvalue weighted by Gasteiger charge is 2.26. The van der Waals surface area contributed by atoms with Gasteiger partial charge < -0.3 is 10.6 Å². The molecule has 1 heterocycles. The standard InChI is InChI=1S/C11H17F3N4S/c1-3-9-18-8(7-19-9)6-17-10(15-2)16-5-4-11(12,13)14/h7H,3-6H2,1-2H3,(H2,15,16,17). The van der Waals surface area contributed by atoms with Crippen LogP contribution >= 0.6 is 11.3 Å². The van der Waals surface area contributed by atoms with Crippen molar-refractivity contribution < 1.29 is 13.2 Å². The van der Waals surface area contributed by atoms with E-state index in [9.17, 15) is 13.2 Å². The lowest BCUT2D eigenvalue weighted by atomic mass is 10.4. The number of halogens is 3. The van der Waals surface area contributed by atoms with Crippen LogP contribution in [0.5, 0.6) is 0 Å². The summed E-state index contributed by atoms with van der Waals surface area (Å²) < 4.78 is 36.0. The van der Waals surface area contributed by atoms with Crippen molar-refractivity contribution in [1.82, 2.24) is 15.6 Å². The minimum absolute atomic E-state index is 0.194. The van der Waals surface area contributed by atoms with Crippen LogP contribution in [0, 0.1) is 0 Å². The van der Waals surface area contributed by atoms with Gasteiger partial charge in [-0.15, -0.1) is 11.3 Å². The molecule has 0 radical (unpaired) electrons. The highest BCUT2D eigenvalue weighted by atomic mass is 32.1. The predicted octanol–water partition coefficient (Wildman–Crippen LogP) is 2.32. The number of aliphatic imine (C=N–C) groups is 1. The molecule has 1 aromatic rings. The zero-order chi connectivity index (χ0) is 14.3. The molecule has 19 heavy (non-hydrogen) atoms. The first-order valence-electron chi connectivity index (χ1n) is 5.89. The van der Waals surface area contributed by atoms with E-state index in [0.29, 0.717) is 12.5 Å². The number of hydrogen-bond donors (Lipinski definition) is 2. The van der Waals surface area contributed by atoms with Crippen molar-refractivity contribution in [3.63, 3.8) is 0 Å². The Hall–Kier alpha value is -1.31. The van der Waals surface area contributed by atoms with Gasteiger partial charge in [-0.2, -0.15) is 13.2 Å². The van der Waals surface area contributed by atoms with Gasteiger partial charge in [0.25, 0.3) is 0 Å². The average molecular weight is 294 g/mol. The monoisotopic (exact) mass is 294 g/mol. The summed E-state index contributed by atoms with van der Waals surface area (Å²) in [6.45, 7) is 2.27. The first-order chi connectivity index (χ1) is 8.94. The maximum atomic E-state index is 12.0. The molecule has 4 nitrogen and oxygen atoms in total. The van der Waals surface area contributed by atoms with Crippen molar-refractivity contribution in [2.75, 3.05) is 13.6 Å². The number of alkyl halides is 3. The first kappa shape index (κ1) is 15.7. The molecule has 0 atom stereocenters. The largest absolute Gasteiger partial charge is 0.390 e. The van der Waals surface area contributed by atoms with Gasteiger partial charge in [0, 0.05) is 19.0 Å². The number of nitrogens with zero attached hydrogens (tertiary/aromatic N) is 2. The van der Waals surface area contributed by atoms with Gasteiger partial charge in [0.1, 0.15) is 0 Å². The molecule has 0 aliphatic heterocycles. The lowest BCUT2D eigenvalue weighted by Gasteiger charge is -2.12. The summed E-state index contributed by atoms with van der Waals surface area (Å²) in [5, 5.41) is 8.50. The van der Waals surface area contributed by atoms with Crippen LogP contribution in [0.1, 0.15) is 24.0 Å². The molecule has 0 amide bonds. The molecule has 108 valence electrons. The number of rotatable bonds is 5. The second-order valence-corrected chi connectivity index (χ2v) is 4.75. The molecule has 0 saturated carbocycles. The summed E-state index contributed by atoms with van der Waals surface area (Å²) in [5.74, 6) is 0.343. The Morgan fingerprint density at radius 1 is 1.42 bits per heavy atom. The Balaban J connectivity index is 2.33. The third-order valence-electron chi connectivity index (χ3n) is 2.26. The van der Waals surface area contributed by atoms with Gasteiger partial charge in [0.15, 0.2) is 5.96 Å². The van der Waals surface area contributed by atoms with Crippen molar-refractivity contribution >= 4 is 17.3 Å². The fraction of sp³-hybridized carbons (Fsp3) is 0.636. The summed E-state index contributed by atoms with van der Waals surface area (Å²) in [6.07, 6.45) is -4.16. The van der Waals surface area contributed by atoms with Crippen molar-refractivity contribution in [2.24, 2.45) is 4.99 Å². The number of guanidine groups is 1. The van der Waals surface area contributed by atoms with Crippen LogP contribution < -0.4 is 10.6 Å². The highest BCUT2D eigenvalue weighted by Crippen LogP contribution is 2.18. The minimum atomic E-state index is -4.16. The second-order valence-electron chi connectivity index (χ2n) is 3.80. The molecule has 0 unspecified atom stereocenters. The van der Waals surface area contributed by atoms with Crippen LogP contribution in [0.3, 0.4) is 0 Å². The Kier molecular flexibility index (Phi) is 6.07. The molecule has 0 bridgehead atoms. The van der Waals surface area contributed by atoms with Crippen molar-refractivity contribution in [3.05, 3.63) is 16.1 Å². The molecule has 8 heteroatoms. The van der Waals surface area contributed by atoms with Crippen LogP contribution in [0.25, 0.3) is 0 Å². The summed E-state index contributed by atoms with van der Waals surface area (Å²) in [6, 6.07) is 0. The fourth-order valence-electron chi connectivity index (χ4n) is 1.31. The average Bonchev–Trinajstić information content (AvgIpc) is 2.80. The number of hydrogen-bond acceptors (Lipinski definition) is 3. The topological polar surface area (TPSA) is 49.3 Å². The molecular formula is C11H17F3N4S. The van der Waals surface area contributed by atoms with Gasteiger partial charge in [-0.3, -0.25) is 4.99 Å². The van der Waals surface area contributed by atoms with Gasteiger partial charge in [-0.05, 0) is 6.42 Å². The van der Waals surface area contributed by atoms with Crippen LogP contribution in [0.4, 0.5) is 13.2 Å². The molecule has 2 N–H and O–H groups in total. The first-order valence-corrected chi connectivity index (χ1v) is 6.77. The van der Waals surface area contributed by atoms with Crippen molar-refractivity contribution in [2.45, 2.75) is 32.5 Å². The second kappa shape index (κ2) is 7.32. The summed E-state index contributed by atoms with van der Waals surface area (Å²) in [4.78, 5) is 8.20. The molecule has 0 aliphatic rings. The van der Waals surface area contributed by atoms with Crippen molar-refractivity contribution in [1.29, 1.82) is 0 Å². The van der Waals surface area contributed by atoms with E-state index in [1.165, 1.54) is 7.05 Å². The van der Waals surface area contributed by atoms with E-state index in [2.05, 4.69) is 20.6 Å². The highest BCUT2D eigenvalue weighted by molar-refractivity contribution is 7.09. The van der Waals surface area contributed by atoms with Gasteiger partial charge >= 0.3 is 6.18 Å². The van der Waals surface area contributed by atoms with E-state index in [1.807, 2.05) is 12.3 Å². The quantitative estimate of drug-likeness (QED) is 0.647. The Morgan fingerprint density at radius 3 is 2.68 bits per heavy atom. The third-order valence-corrected chi connectivity index (χ3v) is 3.31. The molecule has 1 aromatic heterocycles. The van der Waals surface area contributed by atoms with E-state index in [-0.39, 0.29) is 6.54 Å². The SMILES string of the molecule is CCc1nc(CNC(=NC)NCCC(F)(F)F)cs1. The van der Waals surface area contributed by atoms with E-state index >= 15 is 0 Å². The van der Waals surface area contributed by atoms with Gasteiger partial charge in [-0.1, -0.05) is 6.92 Å². The molecule has 0 fully saturated rings. The summed E-state index contributed by atoms with van der Waals surface area (Å²) in [7, 11) is 1.52. The fourth-order valence-corrected chi connectivity index (χ4v) is 2.05. The van der Waals surface area contributed by atoms with Crippen LogP contribution in [0.2, 0.25) is 0 Å². The molecule has 0 spiro atoms. The number of aryl methyl sites for hydroxylation is 1. The smallest absolute Gasteiger partial charge is 0.356 e. The molecule has 0 saturated heterocycles. The van der Waals surface area contributed by atoms with E-state index in [1.54, 1.807) is 11.3 Å². The van der Waals surface area contributed by atoms with Gasteiger partial charge in [0.2, 0.25) is 0 Å². The van der Waals surface area contributed by atoms with E-state index in [4.69, 9.17) is 0 Å². The van der Waals surface area contributed by atoms with E-state index < -0.39 is 12.6 Å². The van der Waals surface area contributed by atoms with E-state index in [0.717, 1.165) is 17.1 Å². The maximum Gasteiger partial charge on any atom is 0.390 e. The lowest BCUT2D eigenvalue weighted by Crippen LogP contribution is -2.38. The zero-order valence-corrected chi connectivity index (χ0v) is 11.7. The van der Waals surface area contributed by atoms with Gasteiger partial charge in [-0.25, -0.2) is 4.98 Å². The van der Waals surface area contributed by atoms with Crippen molar-refractivity contribution in [3.8, 4) is 0 Å². The Labute approximate surface area is 114 Å². The molecular weight excluding hydrogens is 277 g/mol. The van der Waals surface area contributed by atoms with Gasteiger partial charge in [0.05, 0.1) is 23.7 Å². The lowest BCUT2D eigenvalue weighted by molar-refractivity contribution is -0.132. The predicted molar refractivity (Wildman–Crippen MR) is 70.4 cm³/mol. The number of thiazole rings is 1. The maximum absolute atomic E-state index is 12.0. The van der Waals surface area contributed by atoms with Crippen LogP contribution in [0.15, 0.2) is 10.4 Å². The zero-order valence-electron chi connectivity index (χ0n) is 10.8. The minimum Gasteiger partial charge on any atom is -0.356 e. The number of nitrogens with one attached hydrogen (secondary N) is 2. The Morgan fingerprint density at radius 2 is 2.16 bits per heavy atom. The molecule has 1 rings (SSSR count). The third kappa shape index (κ3) is 6.42. The molecule has 0 aliphatic carbocycles. The van der Waals surface area contributed by atoms with Crippen LogP contribution in [-0.2, 0) is 13.0 Å². The summed E-state index contributed by atoms with van der Waals surface area (Å²) in [5.41, 5.74) is 0.862. The van der Waals surface area contributed by atoms with Crippen LogP contribution in [-0.4, -0.2) is 30.7 Å². The normalized spacial score (nSPS) is 12.6.